The minimum Gasteiger partial charge on any atom is -0.497 e. The van der Waals surface area contributed by atoms with Crippen LogP contribution in [0.2, 0.25) is 0 Å². The lowest BCUT2D eigenvalue weighted by Gasteiger charge is -2.15. The number of carbonyl (C=O) groups excluding carboxylic acids is 2. The van der Waals surface area contributed by atoms with Gasteiger partial charge in [-0.05, 0) is 49.8 Å². The third-order valence-electron chi connectivity index (χ3n) is 3.63. The van der Waals surface area contributed by atoms with Crippen LogP contribution >= 0.6 is 0 Å². The van der Waals surface area contributed by atoms with E-state index in [4.69, 9.17) is 14.2 Å². The number of methoxy groups -OCH3 is 1. The van der Waals surface area contributed by atoms with Crippen molar-refractivity contribution in [3.63, 3.8) is 0 Å². The predicted octanol–water partition coefficient (Wildman–Crippen LogP) is 3.68. The SMILES string of the molecule is CCOc1ccccc1NC(=O)[C@H](C)OC(=O)/C=C/c1ccc(OC)cc1. The lowest BCUT2D eigenvalue weighted by molar-refractivity contribution is -0.148. The monoisotopic (exact) mass is 369 g/mol. The molecule has 6 heteroatoms. The van der Waals surface area contributed by atoms with Gasteiger partial charge in [0, 0.05) is 6.08 Å². The van der Waals surface area contributed by atoms with Crippen LogP contribution in [0.4, 0.5) is 5.69 Å². The van der Waals surface area contributed by atoms with Gasteiger partial charge in [-0.25, -0.2) is 4.79 Å². The molecule has 0 unspecified atom stereocenters. The summed E-state index contributed by atoms with van der Waals surface area (Å²) in [6.45, 7) is 3.85. The smallest absolute Gasteiger partial charge is 0.331 e. The number of amides is 1. The van der Waals surface area contributed by atoms with Gasteiger partial charge in [-0.3, -0.25) is 4.79 Å². The van der Waals surface area contributed by atoms with E-state index in [1.165, 1.54) is 13.0 Å². The van der Waals surface area contributed by atoms with Crippen LogP contribution in [0.15, 0.2) is 54.6 Å². The van der Waals surface area contributed by atoms with Gasteiger partial charge in [0.1, 0.15) is 11.5 Å². The standard InChI is InChI=1S/C21H23NO5/c1-4-26-19-8-6-5-7-18(19)22-21(24)15(2)27-20(23)14-11-16-9-12-17(25-3)13-10-16/h5-15H,4H2,1-3H3,(H,22,24)/b14-11+/t15-/m0/s1. The highest BCUT2D eigenvalue weighted by Crippen LogP contribution is 2.24. The Morgan fingerprint density at radius 3 is 2.48 bits per heavy atom. The van der Waals surface area contributed by atoms with Gasteiger partial charge in [0.2, 0.25) is 0 Å². The molecule has 2 aromatic rings. The van der Waals surface area contributed by atoms with Crippen LogP contribution in [0.1, 0.15) is 19.4 Å². The first-order valence-electron chi connectivity index (χ1n) is 8.59. The number of anilines is 1. The molecule has 0 heterocycles. The second-order valence-electron chi connectivity index (χ2n) is 5.60. The molecular weight excluding hydrogens is 346 g/mol. The molecule has 2 aromatic carbocycles. The molecule has 0 bridgehead atoms. The van der Waals surface area contributed by atoms with Crippen molar-refractivity contribution in [3.8, 4) is 11.5 Å². The summed E-state index contributed by atoms with van der Waals surface area (Å²) in [6.07, 6.45) is 1.93. The zero-order chi connectivity index (χ0) is 19.6. The molecule has 27 heavy (non-hydrogen) atoms. The summed E-state index contributed by atoms with van der Waals surface area (Å²) in [7, 11) is 1.58. The summed E-state index contributed by atoms with van der Waals surface area (Å²) in [4.78, 5) is 24.2. The van der Waals surface area contributed by atoms with Crippen LogP contribution in [0.3, 0.4) is 0 Å². The number of esters is 1. The van der Waals surface area contributed by atoms with Crippen LogP contribution in [0.25, 0.3) is 6.08 Å². The van der Waals surface area contributed by atoms with Crippen LogP contribution in [0, 0.1) is 0 Å². The highest BCUT2D eigenvalue weighted by molar-refractivity contribution is 5.97. The highest BCUT2D eigenvalue weighted by Gasteiger charge is 2.18. The molecule has 1 atom stereocenters. The summed E-state index contributed by atoms with van der Waals surface area (Å²) < 4.78 is 15.7. The van der Waals surface area contributed by atoms with Crippen molar-refractivity contribution in [1.29, 1.82) is 0 Å². The molecule has 6 nitrogen and oxygen atoms in total. The van der Waals surface area contributed by atoms with Gasteiger partial charge in [0.05, 0.1) is 19.4 Å². The van der Waals surface area contributed by atoms with Crippen LogP contribution < -0.4 is 14.8 Å². The molecule has 0 aliphatic heterocycles. The lowest BCUT2D eigenvalue weighted by atomic mass is 10.2. The van der Waals surface area contributed by atoms with Crippen molar-refractivity contribution in [2.75, 3.05) is 19.0 Å². The van der Waals surface area contributed by atoms with E-state index in [1.807, 2.05) is 25.1 Å². The van der Waals surface area contributed by atoms with Crippen LogP contribution in [-0.4, -0.2) is 31.7 Å². The van der Waals surface area contributed by atoms with Gasteiger partial charge >= 0.3 is 5.97 Å². The van der Waals surface area contributed by atoms with E-state index >= 15 is 0 Å². The van der Waals surface area contributed by atoms with Crippen LogP contribution in [0.5, 0.6) is 11.5 Å². The summed E-state index contributed by atoms with van der Waals surface area (Å²) in [5.41, 5.74) is 1.34. The molecule has 0 aliphatic rings. The van der Waals surface area contributed by atoms with Gasteiger partial charge in [0.25, 0.3) is 5.91 Å². The first kappa shape index (κ1) is 20.0. The second kappa shape index (κ2) is 10.0. The molecule has 0 saturated heterocycles. The number of hydrogen-bond donors (Lipinski definition) is 1. The molecule has 0 saturated carbocycles. The largest absolute Gasteiger partial charge is 0.497 e. The maximum atomic E-state index is 12.3. The number of benzene rings is 2. The molecule has 0 fully saturated rings. The van der Waals surface area contributed by atoms with Gasteiger partial charge in [-0.15, -0.1) is 0 Å². The third-order valence-corrected chi connectivity index (χ3v) is 3.63. The average molecular weight is 369 g/mol. The Hall–Kier alpha value is -3.28. The molecular formula is C21H23NO5. The third kappa shape index (κ3) is 6.18. The topological polar surface area (TPSA) is 73.9 Å². The van der Waals surface area contributed by atoms with Crippen molar-refractivity contribution < 1.29 is 23.8 Å². The van der Waals surface area contributed by atoms with E-state index in [-0.39, 0.29) is 0 Å². The minimum atomic E-state index is -0.951. The Labute approximate surface area is 158 Å². The molecule has 0 aromatic heterocycles. The average Bonchev–Trinajstić information content (AvgIpc) is 2.68. The van der Waals surface area contributed by atoms with E-state index in [0.717, 1.165) is 11.3 Å². The number of para-hydroxylation sites is 2. The number of carbonyl (C=O) groups is 2. The van der Waals surface area contributed by atoms with Crippen LogP contribution in [-0.2, 0) is 14.3 Å². The van der Waals surface area contributed by atoms with Crippen molar-refractivity contribution in [2.45, 2.75) is 20.0 Å². The van der Waals surface area contributed by atoms with Crippen molar-refractivity contribution in [3.05, 3.63) is 60.2 Å². The first-order valence-corrected chi connectivity index (χ1v) is 8.59. The fourth-order valence-corrected chi connectivity index (χ4v) is 2.23. The molecule has 1 N–H and O–H groups in total. The first-order chi connectivity index (χ1) is 13.0. The Balaban J connectivity index is 1.91. The Bertz CT molecular complexity index is 798. The molecule has 0 aliphatic carbocycles. The van der Waals surface area contributed by atoms with Gasteiger partial charge in [0.15, 0.2) is 6.10 Å². The number of hydrogen-bond acceptors (Lipinski definition) is 5. The molecule has 1 amide bonds. The maximum Gasteiger partial charge on any atom is 0.331 e. The van der Waals surface area contributed by atoms with Gasteiger partial charge in [-0.2, -0.15) is 0 Å². The van der Waals surface area contributed by atoms with E-state index in [0.29, 0.717) is 18.0 Å². The number of nitrogens with one attached hydrogen (secondary N) is 1. The van der Waals surface area contributed by atoms with Crippen molar-refractivity contribution >= 4 is 23.6 Å². The van der Waals surface area contributed by atoms with Gasteiger partial charge in [-0.1, -0.05) is 24.3 Å². The lowest BCUT2D eigenvalue weighted by Crippen LogP contribution is -2.29. The zero-order valence-corrected chi connectivity index (χ0v) is 15.6. The minimum absolute atomic E-state index is 0.437. The fourth-order valence-electron chi connectivity index (χ4n) is 2.23. The van der Waals surface area contributed by atoms with Gasteiger partial charge < -0.3 is 19.5 Å². The quantitative estimate of drug-likeness (QED) is 0.568. The maximum absolute atomic E-state index is 12.3. The Morgan fingerprint density at radius 1 is 1.11 bits per heavy atom. The highest BCUT2D eigenvalue weighted by atomic mass is 16.5. The molecule has 142 valence electrons. The van der Waals surface area contributed by atoms with Crippen molar-refractivity contribution in [1.82, 2.24) is 0 Å². The van der Waals surface area contributed by atoms with E-state index < -0.39 is 18.0 Å². The summed E-state index contributed by atoms with van der Waals surface area (Å²) >= 11 is 0. The molecule has 0 spiro atoms. The summed E-state index contributed by atoms with van der Waals surface area (Å²) in [5, 5.41) is 2.71. The Kier molecular flexibility index (Phi) is 7.43. The van der Waals surface area contributed by atoms with Crippen molar-refractivity contribution in [2.24, 2.45) is 0 Å². The normalized spacial score (nSPS) is 11.7. The molecule has 0 radical (unpaired) electrons. The fraction of sp³-hybridized carbons (Fsp3) is 0.238. The summed E-state index contributed by atoms with van der Waals surface area (Å²) in [6, 6.07) is 14.3. The van der Waals surface area contributed by atoms with E-state index in [2.05, 4.69) is 5.32 Å². The zero-order valence-electron chi connectivity index (χ0n) is 15.6. The number of ether oxygens (including phenoxy) is 3. The van der Waals surface area contributed by atoms with E-state index in [1.54, 1.807) is 43.5 Å². The summed E-state index contributed by atoms with van der Waals surface area (Å²) in [5.74, 6) is 0.249. The predicted molar refractivity (Wildman–Crippen MR) is 104 cm³/mol. The molecule has 2 rings (SSSR count). The Morgan fingerprint density at radius 2 is 1.81 bits per heavy atom. The second-order valence-corrected chi connectivity index (χ2v) is 5.60. The van der Waals surface area contributed by atoms with E-state index in [9.17, 15) is 9.59 Å². The number of rotatable bonds is 8.